The Morgan fingerprint density at radius 3 is 2.33 bits per heavy atom. The van der Waals surface area contributed by atoms with Crippen molar-refractivity contribution >= 4 is 5.97 Å². The smallest absolute Gasteiger partial charge is 0.390 e. The van der Waals surface area contributed by atoms with Crippen molar-refractivity contribution in [1.29, 1.82) is 0 Å². The third-order valence-electron chi connectivity index (χ3n) is 2.31. The van der Waals surface area contributed by atoms with Crippen molar-refractivity contribution in [2.75, 3.05) is 0 Å². The normalized spacial score (nSPS) is 9.17. The topological polar surface area (TPSA) is 26.3 Å². The summed E-state index contributed by atoms with van der Waals surface area (Å²) in [6, 6.07) is 16.5. The maximum absolute atomic E-state index is 11.5. The minimum absolute atomic E-state index is 0.501. The molecule has 2 nitrogen and oxygen atoms in total. The lowest BCUT2D eigenvalue weighted by Crippen LogP contribution is -2.04. The summed E-state index contributed by atoms with van der Waals surface area (Å²) >= 11 is 0. The molecule has 2 heteroatoms. The Bertz CT molecular complexity index is 586. The van der Waals surface area contributed by atoms with Gasteiger partial charge >= 0.3 is 5.97 Å². The van der Waals surface area contributed by atoms with E-state index in [0.717, 1.165) is 11.1 Å². The molecule has 0 aliphatic carbocycles. The summed E-state index contributed by atoms with van der Waals surface area (Å²) in [6.07, 6.45) is 0. The van der Waals surface area contributed by atoms with Gasteiger partial charge in [-0.1, -0.05) is 41.8 Å². The molecule has 2 rings (SSSR count). The summed E-state index contributed by atoms with van der Waals surface area (Å²) in [7, 11) is 0. The van der Waals surface area contributed by atoms with Gasteiger partial charge < -0.3 is 4.74 Å². The Hall–Kier alpha value is -2.53. The van der Waals surface area contributed by atoms with Crippen LogP contribution in [0.1, 0.15) is 11.1 Å². The van der Waals surface area contributed by atoms with Gasteiger partial charge in [0.25, 0.3) is 0 Å². The summed E-state index contributed by atoms with van der Waals surface area (Å²) in [6.45, 7) is 2.00. The van der Waals surface area contributed by atoms with Crippen LogP contribution in [0, 0.1) is 18.8 Å². The van der Waals surface area contributed by atoms with Gasteiger partial charge in [0.15, 0.2) is 0 Å². The Morgan fingerprint density at radius 1 is 1.00 bits per heavy atom. The zero-order valence-corrected chi connectivity index (χ0v) is 10.0. The zero-order chi connectivity index (χ0) is 12.8. The summed E-state index contributed by atoms with van der Waals surface area (Å²) in [5, 5.41) is 0. The van der Waals surface area contributed by atoms with E-state index in [1.54, 1.807) is 24.3 Å². The van der Waals surface area contributed by atoms with Gasteiger partial charge in [-0.05, 0) is 31.2 Å². The van der Waals surface area contributed by atoms with Gasteiger partial charge in [0.05, 0.1) is 0 Å². The first-order valence-corrected chi connectivity index (χ1v) is 5.59. The van der Waals surface area contributed by atoms with Crippen LogP contribution in [0.2, 0.25) is 0 Å². The molecule has 0 saturated carbocycles. The van der Waals surface area contributed by atoms with E-state index < -0.39 is 5.97 Å². The van der Waals surface area contributed by atoms with Crippen molar-refractivity contribution in [3.8, 4) is 17.6 Å². The van der Waals surface area contributed by atoms with Crippen LogP contribution in [0.5, 0.6) is 5.75 Å². The summed E-state index contributed by atoms with van der Waals surface area (Å²) < 4.78 is 5.05. The number of esters is 1. The molecule has 0 aromatic heterocycles. The number of hydrogen-bond donors (Lipinski definition) is 0. The average molecular weight is 236 g/mol. The Balaban J connectivity index is 2.02. The van der Waals surface area contributed by atoms with E-state index in [1.807, 2.05) is 37.3 Å². The minimum Gasteiger partial charge on any atom is -0.417 e. The largest absolute Gasteiger partial charge is 0.417 e. The van der Waals surface area contributed by atoms with E-state index >= 15 is 0 Å². The number of rotatable bonds is 1. The van der Waals surface area contributed by atoms with Gasteiger partial charge in [-0.15, -0.1) is 0 Å². The number of carbonyl (C=O) groups excluding carboxylic acids is 1. The molecule has 0 aliphatic rings. The molecule has 0 aliphatic heterocycles. The maximum atomic E-state index is 11.5. The van der Waals surface area contributed by atoms with Gasteiger partial charge in [0.2, 0.25) is 0 Å². The number of hydrogen-bond acceptors (Lipinski definition) is 2. The Kier molecular flexibility index (Phi) is 3.78. The van der Waals surface area contributed by atoms with Crippen LogP contribution in [0.3, 0.4) is 0 Å². The number of aryl methyl sites for hydroxylation is 1. The van der Waals surface area contributed by atoms with Crippen LogP contribution >= 0.6 is 0 Å². The van der Waals surface area contributed by atoms with E-state index in [0.29, 0.717) is 5.75 Å². The molecule has 0 N–H and O–H groups in total. The van der Waals surface area contributed by atoms with E-state index in [-0.39, 0.29) is 0 Å². The highest BCUT2D eigenvalue weighted by Crippen LogP contribution is 2.08. The fourth-order valence-electron chi connectivity index (χ4n) is 1.38. The lowest BCUT2D eigenvalue weighted by Gasteiger charge is -1.97. The third-order valence-corrected chi connectivity index (χ3v) is 2.31. The highest BCUT2D eigenvalue weighted by Gasteiger charge is 1.98. The minimum atomic E-state index is -0.554. The molecule has 0 saturated heterocycles. The van der Waals surface area contributed by atoms with Gasteiger partial charge in [-0.2, -0.15) is 0 Å². The van der Waals surface area contributed by atoms with Crippen LogP contribution in [0.15, 0.2) is 54.6 Å². The number of ether oxygens (including phenoxy) is 1. The van der Waals surface area contributed by atoms with Crippen molar-refractivity contribution in [1.82, 2.24) is 0 Å². The van der Waals surface area contributed by atoms with Crippen molar-refractivity contribution in [3.63, 3.8) is 0 Å². The zero-order valence-electron chi connectivity index (χ0n) is 10.0. The van der Waals surface area contributed by atoms with Crippen LogP contribution in [0.4, 0.5) is 0 Å². The van der Waals surface area contributed by atoms with E-state index in [9.17, 15) is 4.79 Å². The first kappa shape index (κ1) is 11.9. The Labute approximate surface area is 106 Å². The van der Waals surface area contributed by atoms with Crippen molar-refractivity contribution in [3.05, 3.63) is 65.7 Å². The van der Waals surface area contributed by atoms with E-state index in [2.05, 4.69) is 11.8 Å². The van der Waals surface area contributed by atoms with Crippen molar-refractivity contribution in [2.24, 2.45) is 0 Å². The molecule has 0 bridgehead atoms. The highest BCUT2D eigenvalue weighted by molar-refractivity contribution is 5.90. The molecule has 0 fully saturated rings. The SMILES string of the molecule is Cc1ccc(C#CC(=O)Oc2ccccc2)cc1. The third kappa shape index (κ3) is 3.50. The molecular weight excluding hydrogens is 224 g/mol. The lowest BCUT2D eigenvalue weighted by atomic mass is 10.2. The van der Waals surface area contributed by atoms with Crippen molar-refractivity contribution in [2.45, 2.75) is 6.92 Å². The second-order valence-electron chi connectivity index (χ2n) is 3.82. The van der Waals surface area contributed by atoms with E-state index in [4.69, 9.17) is 4.74 Å². The van der Waals surface area contributed by atoms with Crippen LogP contribution in [-0.4, -0.2) is 5.97 Å². The molecular formula is C16H12O2. The molecule has 18 heavy (non-hydrogen) atoms. The van der Waals surface area contributed by atoms with Gasteiger partial charge in [0, 0.05) is 11.5 Å². The average Bonchev–Trinajstić information content (AvgIpc) is 2.39. The molecule has 2 aromatic carbocycles. The van der Waals surface area contributed by atoms with Gasteiger partial charge in [-0.25, -0.2) is 4.79 Å². The highest BCUT2D eigenvalue weighted by atomic mass is 16.5. The van der Waals surface area contributed by atoms with E-state index in [1.165, 1.54) is 0 Å². The number of benzene rings is 2. The summed E-state index contributed by atoms with van der Waals surface area (Å²) in [5.41, 5.74) is 1.96. The first-order valence-electron chi connectivity index (χ1n) is 5.59. The second-order valence-corrected chi connectivity index (χ2v) is 3.82. The maximum Gasteiger partial charge on any atom is 0.390 e. The van der Waals surface area contributed by atoms with Gasteiger partial charge in [-0.3, -0.25) is 0 Å². The molecule has 0 amide bonds. The number of carbonyl (C=O) groups is 1. The fourth-order valence-corrected chi connectivity index (χ4v) is 1.38. The second kappa shape index (κ2) is 5.70. The Morgan fingerprint density at radius 2 is 1.67 bits per heavy atom. The summed E-state index contributed by atoms with van der Waals surface area (Å²) in [5.74, 6) is 5.17. The molecule has 2 aromatic rings. The molecule has 0 radical (unpaired) electrons. The van der Waals surface area contributed by atoms with Crippen LogP contribution in [0.25, 0.3) is 0 Å². The van der Waals surface area contributed by atoms with Crippen molar-refractivity contribution < 1.29 is 9.53 Å². The molecule has 88 valence electrons. The number of para-hydroxylation sites is 1. The summed E-state index contributed by atoms with van der Waals surface area (Å²) in [4.78, 5) is 11.5. The monoisotopic (exact) mass is 236 g/mol. The molecule has 0 atom stereocenters. The molecule has 0 heterocycles. The quantitative estimate of drug-likeness (QED) is 0.432. The molecule has 0 unspecified atom stereocenters. The first-order chi connectivity index (χ1) is 8.74. The lowest BCUT2D eigenvalue weighted by molar-refractivity contribution is -0.128. The fraction of sp³-hybridized carbons (Fsp3) is 0.0625. The van der Waals surface area contributed by atoms with Gasteiger partial charge in [0.1, 0.15) is 5.75 Å². The van der Waals surface area contributed by atoms with Crippen LogP contribution in [-0.2, 0) is 4.79 Å². The van der Waals surface area contributed by atoms with Crippen LogP contribution < -0.4 is 4.74 Å². The molecule has 0 spiro atoms. The predicted octanol–water partition coefficient (Wildman–Crippen LogP) is 2.95. The predicted molar refractivity (Wildman–Crippen MR) is 70.1 cm³/mol. The standard InChI is InChI=1S/C16H12O2/c1-13-7-9-14(10-8-13)11-12-16(17)18-15-5-3-2-4-6-15/h2-10H,1H3.